The van der Waals surface area contributed by atoms with E-state index in [4.69, 9.17) is 0 Å². The molecule has 0 radical (unpaired) electrons. The molecule has 5 rings (SSSR count). The van der Waals surface area contributed by atoms with Crippen LogP contribution in [-0.4, -0.2) is 23.6 Å². The van der Waals surface area contributed by atoms with Crippen LogP contribution in [0.3, 0.4) is 0 Å². The lowest BCUT2D eigenvalue weighted by molar-refractivity contribution is -0.125. The molecule has 4 bridgehead atoms. The smallest absolute Gasteiger partial charge is 0.274 e. The van der Waals surface area contributed by atoms with Gasteiger partial charge in [-0.05, 0) is 67.9 Å². The lowest BCUT2D eigenvalue weighted by Gasteiger charge is -2.54. The number of anilines is 1. The van der Waals surface area contributed by atoms with Gasteiger partial charge < -0.3 is 15.2 Å². The van der Waals surface area contributed by atoms with E-state index in [0.717, 1.165) is 11.8 Å². The van der Waals surface area contributed by atoms with Gasteiger partial charge in [-0.1, -0.05) is 0 Å². The van der Waals surface area contributed by atoms with Gasteiger partial charge in [-0.25, -0.2) is 0 Å². The normalized spacial score (nSPS) is 34.4. The van der Waals surface area contributed by atoms with Crippen LogP contribution in [0.2, 0.25) is 0 Å². The lowest BCUT2D eigenvalue weighted by atomic mass is 9.54. The molecule has 4 saturated carbocycles. The number of hydrogen-bond acceptors (Lipinski definition) is 3. The van der Waals surface area contributed by atoms with Crippen LogP contribution in [0.25, 0.3) is 0 Å². The van der Waals surface area contributed by atoms with E-state index in [-0.39, 0.29) is 18.0 Å². The SMILES string of the molecule is CNc1cccn(CC(=O)NC2C3CC4CC(C3)CC2C4)c1=O. The van der Waals surface area contributed by atoms with Crippen molar-refractivity contribution in [1.82, 2.24) is 9.88 Å². The second kappa shape index (κ2) is 5.69. The maximum absolute atomic E-state index is 12.5. The first kappa shape index (κ1) is 14.8. The van der Waals surface area contributed by atoms with Crippen LogP contribution < -0.4 is 16.2 Å². The Morgan fingerprint density at radius 3 is 2.43 bits per heavy atom. The summed E-state index contributed by atoms with van der Waals surface area (Å²) < 4.78 is 1.48. The van der Waals surface area contributed by atoms with E-state index in [1.807, 2.05) is 0 Å². The predicted octanol–water partition coefficient (Wildman–Crippen LogP) is 1.83. The van der Waals surface area contributed by atoms with Crippen molar-refractivity contribution in [2.75, 3.05) is 12.4 Å². The van der Waals surface area contributed by atoms with Gasteiger partial charge in [0.25, 0.3) is 5.56 Å². The molecule has 0 saturated heterocycles. The maximum Gasteiger partial charge on any atom is 0.274 e. The Kier molecular flexibility index (Phi) is 3.66. The van der Waals surface area contributed by atoms with Gasteiger partial charge in [0, 0.05) is 19.3 Å². The highest BCUT2D eigenvalue weighted by Gasteiger charge is 2.48. The fourth-order valence-electron chi connectivity index (χ4n) is 5.40. The van der Waals surface area contributed by atoms with E-state index in [0.29, 0.717) is 23.6 Å². The van der Waals surface area contributed by atoms with E-state index >= 15 is 0 Å². The van der Waals surface area contributed by atoms with Crippen LogP contribution in [0.15, 0.2) is 23.1 Å². The van der Waals surface area contributed by atoms with Crippen LogP contribution in [-0.2, 0) is 11.3 Å². The fourth-order valence-corrected chi connectivity index (χ4v) is 5.40. The van der Waals surface area contributed by atoms with Crippen LogP contribution in [0.4, 0.5) is 5.69 Å². The molecule has 1 amide bonds. The first-order chi connectivity index (χ1) is 11.1. The molecule has 1 heterocycles. The zero-order valence-electron chi connectivity index (χ0n) is 13.6. The molecular formula is C18H25N3O2. The van der Waals surface area contributed by atoms with Crippen molar-refractivity contribution in [3.63, 3.8) is 0 Å². The van der Waals surface area contributed by atoms with Crippen molar-refractivity contribution >= 4 is 11.6 Å². The molecule has 4 aliphatic carbocycles. The zero-order valence-corrected chi connectivity index (χ0v) is 13.6. The summed E-state index contributed by atoms with van der Waals surface area (Å²) >= 11 is 0. The highest BCUT2D eigenvalue weighted by molar-refractivity contribution is 5.76. The molecule has 5 nitrogen and oxygen atoms in total. The molecule has 0 aromatic carbocycles. The minimum absolute atomic E-state index is 0.0298. The van der Waals surface area contributed by atoms with Gasteiger partial charge in [0.1, 0.15) is 12.2 Å². The summed E-state index contributed by atoms with van der Waals surface area (Å²) in [7, 11) is 1.72. The molecule has 5 heteroatoms. The summed E-state index contributed by atoms with van der Waals surface area (Å²) in [5.41, 5.74) is 0.380. The maximum atomic E-state index is 12.5. The van der Waals surface area contributed by atoms with Crippen LogP contribution in [0.1, 0.15) is 32.1 Å². The third-order valence-electron chi connectivity index (χ3n) is 6.16. The van der Waals surface area contributed by atoms with Gasteiger partial charge in [-0.15, -0.1) is 0 Å². The van der Waals surface area contributed by atoms with Gasteiger partial charge in [-0.2, -0.15) is 0 Å². The second-order valence-electron chi connectivity index (χ2n) is 7.63. The molecule has 0 aliphatic heterocycles. The van der Waals surface area contributed by atoms with Crippen LogP contribution >= 0.6 is 0 Å². The fraction of sp³-hybridized carbons (Fsp3) is 0.667. The summed E-state index contributed by atoms with van der Waals surface area (Å²) in [6, 6.07) is 3.86. The minimum atomic E-state index is -0.143. The number of hydrogen-bond donors (Lipinski definition) is 2. The predicted molar refractivity (Wildman–Crippen MR) is 89.2 cm³/mol. The monoisotopic (exact) mass is 315 g/mol. The van der Waals surface area contributed by atoms with Crippen molar-refractivity contribution in [2.45, 2.75) is 44.7 Å². The van der Waals surface area contributed by atoms with Crippen molar-refractivity contribution in [3.05, 3.63) is 28.7 Å². The minimum Gasteiger partial charge on any atom is -0.384 e. The summed E-state index contributed by atoms with van der Waals surface area (Å²) in [5, 5.41) is 6.12. The molecule has 2 N–H and O–H groups in total. The number of nitrogens with zero attached hydrogens (tertiary/aromatic N) is 1. The number of nitrogens with one attached hydrogen (secondary N) is 2. The van der Waals surface area contributed by atoms with Crippen LogP contribution in [0, 0.1) is 23.7 Å². The van der Waals surface area contributed by atoms with Gasteiger partial charge in [0.2, 0.25) is 5.91 Å². The quantitative estimate of drug-likeness (QED) is 0.891. The molecule has 124 valence electrons. The molecule has 4 aliphatic rings. The van der Waals surface area contributed by atoms with E-state index in [1.165, 1.54) is 36.7 Å². The number of pyridine rings is 1. The largest absolute Gasteiger partial charge is 0.384 e. The van der Waals surface area contributed by atoms with Crippen LogP contribution in [0.5, 0.6) is 0 Å². The molecule has 0 atom stereocenters. The average molecular weight is 315 g/mol. The summed E-state index contributed by atoms with van der Waals surface area (Å²) in [6.45, 7) is 0.108. The first-order valence-corrected chi connectivity index (χ1v) is 8.80. The standard InChI is InChI=1S/C18H25N3O2/c1-19-15-3-2-4-21(18(15)23)10-16(22)20-17-13-6-11-5-12(8-13)9-14(17)7-11/h2-4,11-14,17,19H,5-10H2,1H3,(H,20,22). The average Bonchev–Trinajstić information content (AvgIpc) is 2.52. The molecule has 1 aromatic rings. The Morgan fingerprint density at radius 2 is 1.83 bits per heavy atom. The second-order valence-corrected chi connectivity index (χ2v) is 7.63. The van der Waals surface area contributed by atoms with Gasteiger partial charge in [0.05, 0.1) is 0 Å². The van der Waals surface area contributed by atoms with Crippen molar-refractivity contribution in [1.29, 1.82) is 0 Å². The Balaban J connectivity index is 1.44. The third-order valence-corrected chi connectivity index (χ3v) is 6.16. The molecular weight excluding hydrogens is 290 g/mol. The number of carbonyl (C=O) groups excluding carboxylic acids is 1. The molecule has 4 fully saturated rings. The number of aromatic nitrogens is 1. The highest BCUT2D eigenvalue weighted by Crippen LogP contribution is 2.53. The van der Waals surface area contributed by atoms with Crippen molar-refractivity contribution < 1.29 is 4.79 Å². The van der Waals surface area contributed by atoms with Gasteiger partial charge in [-0.3, -0.25) is 9.59 Å². The summed E-state index contributed by atoms with van der Waals surface area (Å²) in [5.74, 6) is 3.10. The summed E-state index contributed by atoms with van der Waals surface area (Å²) in [4.78, 5) is 24.7. The van der Waals surface area contributed by atoms with Crippen molar-refractivity contribution in [3.8, 4) is 0 Å². The van der Waals surface area contributed by atoms with E-state index in [2.05, 4.69) is 10.6 Å². The number of amides is 1. The Morgan fingerprint density at radius 1 is 1.17 bits per heavy atom. The third kappa shape index (κ3) is 2.66. The molecule has 0 spiro atoms. The lowest BCUT2D eigenvalue weighted by Crippen LogP contribution is -2.56. The highest BCUT2D eigenvalue weighted by atomic mass is 16.2. The number of carbonyl (C=O) groups is 1. The number of rotatable bonds is 4. The first-order valence-electron chi connectivity index (χ1n) is 8.80. The molecule has 1 aromatic heterocycles. The van der Waals surface area contributed by atoms with Gasteiger partial charge >= 0.3 is 0 Å². The summed E-state index contributed by atoms with van der Waals surface area (Å²) in [6.07, 6.45) is 8.24. The van der Waals surface area contributed by atoms with Crippen molar-refractivity contribution in [2.24, 2.45) is 23.7 Å². The van der Waals surface area contributed by atoms with E-state index in [9.17, 15) is 9.59 Å². The Labute approximate surface area is 136 Å². The zero-order chi connectivity index (χ0) is 16.0. The van der Waals surface area contributed by atoms with E-state index < -0.39 is 0 Å². The Bertz CT molecular complexity index is 638. The Hall–Kier alpha value is -1.78. The van der Waals surface area contributed by atoms with Gasteiger partial charge in [0.15, 0.2) is 0 Å². The van der Waals surface area contributed by atoms with E-state index in [1.54, 1.807) is 25.4 Å². The molecule has 23 heavy (non-hydrogen) atoms. The molecule has 0 unspecified atom stereocenters. The topological polar surface area (TPSA) is 63.1 Å².